The lowest BCUT2D eigenvalue weighted by Crippen LogP contribution is -1.93. The fraction of sp³-hybridized carbons (Fsp3) is 0. The van der Waals surface area contributed by atoms with Gasteiger partial charge in [0.2, 0.25) is 0 Å². The number of non-ortho nitro benzene ring substituents is 1. The average Bonchev–Trinajstić information content (AvgIpc) is 2.17. The Morgan fingerprint density at radius 2 is 2.21 bits per heavy atom. The number of benzene rings is 1. The molecule has 5 heteroatoms. The van der Waals surface area contributed by atoms with Crippen LogP contribution in [0.5, 0.6) is 0 Å². The SMILES string of the molecule is Nc1cc([N+](=O)[O-])cc2cccnc12. The number of nitrogen functional groups attached to an aromatic ring is 1. The second-order valence-corrected chi connectivity index (χ2v) is 2.87. The second kappa shape index (κ2) is 2.95. The number of nitrogens with two attached hydrogens (primary N) is 1. The van der Waals surface area contributed by atoms with E-state index in [1.807, 2.05) is 0 Å². The molecule has 2 aromatic rings. The van der Waals surface area contributed by atoms with Crippen LogP contribution in [0, 0.1) is 10.1 Å². The molecule has 0 unspecified atom stereocenters. The third kappa shape index (κ3) is 1.24. The van der Waals surface area contributed by atoms with Crippen molar-refractivity contribution in [2.24, 2.45) is 0 Å². The maximum atomic E-state index is 10.5. The first-order valence-electron chi connectivity index (χ1n) is 3.97. The summed E-state index contributed by atoms with van der Waals surface area (Å²) >= 11 is 0. The third-order valence-electron chi connectivity index (χ3n) is 1.93. The minimum absolute atomic E-state index is 0.0111. The van der Waals surface area contributed by atoms with Crippen LogP contribution < -0.4 is 5.73 Å². The van der Waals surface area contributed by atoms with E-state index in [0.717, 1.165) is 0 Å². The van der Waals surface area contributed by atoms with Crippen LogP contribution in [-0.4, -0.2) is 9.91 Å². The van der Waals surface area contributed by atoms with E-state index in [2.05, 4.69) is 4.98 Å². The second-order valence-electron chi connectivity index (χ2n) is 2.87. The van der Waals surface area contributed by atoms with Gasteiger partial charge in [0, 0.05) is 23.7 Å². The van der Waals surface area contributed by atoms with Crippen LogP contribution in [0.2, 0.25) is 0 Å². The summed E-state index contributed by atoms with van der Waals surface area (Å²) < 4.78 is 0. The number of nitro groups is 1. The summed E-state index contributed by atoms with van der Waals surface area (Å²) in [7, 11) is 0. The van der Waals surface area contributed by atoms with E-state index in [1.165, 1.54) is 12.1 Å². The van der Waals surface area contributed by atoms with Gasteiger partial charge in [-0.3, -0.25) is 15.1 Å². The number of fused-ring (bicyclic) bond motifs is 1. The monoisotopic (exact) mass is 189 g/mol. The van der Waals surface area contributed by atoms with Gasteiger partial charge in [-0.25, -0.2) is 0 Å². The summed E-state index contributed by atoms with van der Waals surface area (Å²) in [5, 5.41) is 11.2. The van der Waals surface area contributed by atoms with E-state index in [9.17, 15) is 10.1 Å². The zero-order valence-electron chi connectivity index (χ0n) is 7.18. The number of pyridine rings is 1. The molecule has 0 fully saturated rings. The highest BCUT2D eigenvalue weighted by Gasteiger charge is 2.09. The van der Waals surface area contributed by atoms with Crippen molar-refractivity contribution in [2.45, 2.75) is 0 Å². The quantitative estimate of drug-likeness (QED) is 0.420. The molecule has 0 aliphatic rings. The number of hydrogen-bond donors (Lipinski definition) is 1. The molecule has 0 saturated heterocycles. The van der Waals surface area contributed by atoms with Gasteiger partial charge in [0.1, 0.15) is 0 Å². The Labute approximate surface area is 79.3 Å². The first-order chi connectivity index (χ1) is 6.68. The van der Waals surface area contributed by atoms with Gasteiger partial charge in [0.05, 0.1) is 16.1 Å². The molecule has 1 aromatic carbocycles. The van der Waals surface area contributed by atoms with E-state index in [0.29, 0.717) is 16.6 Å². The highest BCUT2D eigenvalue weighted by molar-refractivity contribution is 5.91. The van der Waals surface area contributed by atoms with Crippen LogP contribution in [-0.2, 0) is 0 Å². The Hall–Kier alpha value is -2.17. The largest absolute Gasteiger partial charge is 0.397 e. The van der Waals surface area contributed by atoms with Gasteiger partial charge in [0.25, 0.3) is 5.69 Å². The summed E-state index contributed by atoms with van der Waals surface area (Å²) in [6.07, 6.45) is 1.60. The molecule has 14 heavy (non-hydrogen) atoms. The van der Waals surface area contributed by atoms with Gasteiger partial charge < -0.3 is 5.73 Å². The molecule has 0 aliphatic carbocycles. The summed E-state index contributed by atoms with van der Waals surface area (Å²) in [5.74, 6) is 0. The minimum atomic E-state index is -0.469. The maximum absolute atomic E-state index is 10.5. The number of aromatic nitrogens is 1. The average molecular weight is 189 g/mol. The Balaban J connectivity index is 2.78. The molecular formula is C9H7N3O2. The Kier molecular flexibility index (Phi) is 1.78. The number of anilines is 1. The molecule has 2 rings (SSSR count). The summed E-state index contributed by atoms with van der Waals surface area (Å²) in [5.41, 5.74) is 6.54. The van der Waals surface area contributed by atoms with Gasteiger partial charge in [-0.15, -0.1) is 0 Å². The molecule has 0 atom stereocenters. The molecule has 1 heterocycles. The number of hydrogen-bond acceptors (Lipinski definition) is 4. The van der Waals surface area contributed by atoms with E-state index >= 15 is 0 Å². The fourth-order valence-corrected chi connectivity index (χ4v) is 1.31. The number of rotatable bonds is 1. The van der Waals surface area contributed by atoms with Crippen molar-refractivity contribution in [3.05, 3.63) is 40.6 Å². The molecule has 0 saturated carbocycles. The van der Waals surface area contributed by atoms with Crippen molar-refractivity contribution in [1.29, 1.82) is 0 Å². The highest BCUT2D eigenvalue weighted by atomic mass is 16.6. The van der Waals surface area contributed by atoms with Crippen molar-refractivity contribution in [1.82, 2.24) is 4.98 Å². The molecule has 0 radical (unpaired) electrons. The van der Waals surface area contributed by atoms with Crippen molar-refractivity contribution in [3.63, 3.8) is 0 Å². The molecule has 2 N–H and O–H groups in total. The van der Waals surface area contributed by atoms with Gasteiger partial charge >= 0.3 is 0 Å². The van der Waals surface area contributed by atoms with E-state index in [-0.39, 0.29) is 5.69 Å². The van der Waals surface area contributed by atoms with Crippen LogP contribution in [0.3, 0.4) is 0 Å². The maximum Gasteiger partial charge on any atom is 0.272 e. The van der Waals surface area contributed by atoms with Crippen molar-refractivity contribution >= 4 is 22.3 Å². The predicted octanol–water partition coefficient (Wildman–Crippen LogP) is 1.73. The zero-order chi connectivity index (χ0) is 10.1. The molecule has 1 aromatic heterocycles. The third-order valence-corrected chi connectivity index (χ3v) is 1.93. The Bertz CT molecular complexity index is 510. The van der Waals surface area contributed by atoms with Crippen molar-refractivity contribution in [3.8, 4) is 0 Å². The normalized spacial score (nSPS) is 10.3. The lowest BCUT2D eigenvalue weighted by Gasteiger charge is -2.00. The van der Waals surface area contributed by atoms with Crippen LogP contribution in [0.15, 0.2) is 30.5 Å². The smallest absolute Gasteiger partial charge is 0.272 e. The van der Waals surface area contributed by atoms with E-state index in [4.69, 9.17) is 5.73 Å². The molecular weight excluding hydrogens is 182 g/mol. The van der Waals surface area contributed by atoms with Gasteiger partial charge in [0.15, 0.2) is 0 Å². The predicted molar refractivity (Wildman–Crippen MR) is 52.8 cm³/mol. The lowest BCUT2D eigenvalue weighted by atomic mass is 10.2. The fourth-order valence-electron chi connectivity index (χ4n) is 1.31. The van der Waals surface area contributed by atoms with Crippen LogP contribution in [0.1, 0.15) is 0 Å². The van der Waals surface area contributed by atoms with Gasteiger partial charge in [-0.1, -0.05) is 6.07 Å². The van der Waals surface area contributed by atoms with Crippen molar-refractivity contribution in [2.75, 3.05) is 5.73 Å². The topological polar surface area (TPSA) is 82.0 Å². The van der Waals surface area contributed by atoms with Crippen LogP contribution >= 0.6 is 0 Å². The molecule has 70 valence electrons. The molecule has 0 amide bonds. The van der Waals surface area contributed by atoms with Gasteiger partial charge in [-0.05, 0) is 6.07 Å². The van der Waals surface area contributed by atoms with Crippen LogP contribution in [0.4, 0.5) is 11.4 Å². The van der Waals surface area contributed by atoms with E-state index in [1.54, 1.807) is 18.3 Å². The number of nitro benzene ring substituents is 1. The molecule has 0 aliphatic heterocycles. The standard InChI is InChI=1S/C9H7N3O2/c10-8-5-7(12(13)14)4-6-2-1-3-11-9(6)8/h1-5H,10H2. The summed E-state index contributed by atoms with van der Waals surface area (Å²) in [6.45, 7) is 0. The van der Waals surface area contributed by atoms with Gasteiger partial charge in [-0.2, -0.15) is 0 Å². The Morgan fingerprint density at radius 3 is 2.93 bits per heavy atom. The van der Waals surface area contributed by atoms with E-state index < -0.39 is 4.92 Å². The van der Waals surface area contributed by atoms with Crippen LogP contribution in [0.25, 0.3) is 10.9 Å². The lowest BCUT2D eigenvalue weighted by molar-refractivity contribution is -0.384. The first-order valence-corrected chi connectivity index (χ1v) is 3.97. The number of nitrogens with zero attached hydrogens (tertiary/aromatic N) is 2. The highest BCUT2D eigenvalue weighted by Crippen LogP contribution is 2.24. The zero-order valence-corrected chi connectivity index (χ0v) is 7.18. The molecule has 0 bridgehead atoms. The summed E-state index contributed by atoms with van der Waals surface area (Å²) in [4.78, 5) is 14.1. The van der Waals surface area contributed by atoms with Crippen molar-refractivity contribution < 1.29 is 4.92 Å². The molecule has 5 nitrogen and oxygen atoms in total. The first kappa shape index (κ1) is 8.43. The Morgan fingerprint density at radius 1 is 1.43 bits per heavy atom. The molecule has 0 spiro atoms. The summed E-state index contributed by atoms with van der Waals surface area (Å²) in [6, 6.07) is 6.23. The minimum Gasteiger partial charge on any atom is -0.397 e.